The lowest BCUT2D eigenvalue weighted by Gasteiger charge is -2.45. The van der Waals surface area contributed by atoms with Gasteiger partial charge in [-0.15, -0.1) is 0 Å². The van der Waals surface area contributed by atoms with Crippen LogP contribution in [0.3, 0.4) is 0 Å². The fourth-order valence-electron chi connectivity index (χ4n) is 3.69. The third-order valence-corrected chi connectivity index (χ3v) is 5.28. The van der Waals surface area contributed by atoms with E-state index in [9.17, 15) is 0 Å². The number of rotatable bonds is 2. The molecule has 21 heavy (non-hydrogen) atoms. The highest BCUT2D eigenvalue weighted by Gasteiger charge is 2.41. The normalized spacial score (nSPS) is 26.7. The summed E-state index contributed by atoms with van der Waals surface area (Å²) < 4.78 is 11.6. The number of hydrogen-bond acceptors (Lipinski definition) is 3. The van der Waals surface area contributed by atoms with E-state index in [1.54, 1.807) is 0 Å². The summed E-state index contributed by atoms with van der Waals surface area (Å²) in [5, 5.41) is 0.763. The molecule has 0 saturated carbocycles. The van der Waals surface area contributed by atoms with Gasteiger partial charge in [-0.2, -0.15) is 0 Å². The number of ether oxygens (including phenoxy) is 2. The van der Waals surface area contributed by atoms with Gasteiger partial charge in [0.25, 0.3) is 0 Å². The van der Waals surface area contributed by atoms with Gasteiger partial charge in [0.05, 0.1) is 5.60 Å². The second kappa shape index (κ2) is 6.25. The first-order valence-corrected chi connectivity index (χ1v) is 8.21. The Morgan fingerprint density at radius 2 is 2.05 bits per heavy atom. The molecule has 2 atom stereocenters. The first-order chi connectivity index (χ1) is 10.1. The summed E-state index contributed by atoms with van der Waals surface area (Å²) in [5.74, 6) is 0.453. The third-order valence-electron chi connectivity index (χ3n) is 5.04. The summed E-state index contributed by atoms with van der Waals surface area (Å²) >= 11 is 6.15. The monoisotopic (exact) mass is 309 g/mol. The minimum absolute atomic E-state index is 0.00866. The maximum absolute atomic E-state index is 6.58. The fraction of sp³-hybridized carbons (Fsp3) is 0.647. The van der Waals surface area contributed by atoms with Gasteiger partial charge in [-0.25, -0.2) is 0 Å². The molecule has 2 heterocycles. The Kier molecular flexibility index (Phi) is 4.55. The van der Waals surface area contributed by atoms with E-state index < -0.39 is 0 Å². The molecule has 3 nitrogen and oxygen atoms in total. The molecule has 2 saturated heterocycles. The van der Waals surface area contributed by atoms with Crippen LogP contribution in [0.2, 0.25) is 5.02 Å². The van der Waals surface area contributed by atoms with E-state index in [2.05, 4.69) is 13.0 Å². The van der Waals surface area contributed by atoms with E-state index in [0.717, 1.165) is 50.5 Å². The predicted molar refractivity (Wildman–Crippen MR) is 84.6 cm³/mol. The molecule has 2 aliphatic rings. The summed E-state index contributed by atoms with van der Waals surface area (Å²) in [6.07, 6.45) is 4.04. The van der Waals surface area contributed by atoms with Gasteiger partial charge in [-0.1, -0.05) is 17.7 Å². The highest BCUT2D eigenvalue weighted by Crippen LogP contribution is 2.41. The lowest BCUT2D eigenvalue weighted by molar-refractivity contribution is -0.149. The van der Waals surface area contributed by atoms with Crippen molar-refractivity contribution in [2.24, 2.45) is 11.7 Å². The molecular formula is C17H24ClNO2. The maximum Gasteiger partial charge on any atom is 0.0729 e. The van der Waals surface area contributed by atoms with E-state index in [4.69, 9.17) is 26.8 Å². The third kappa shape index (κ3) is 3.26. The van der Waals surface area contributed by atoms with Gasteiger partial charge >= 0.3 is 0 Å². The Hall–Kier alpha value is -0.610. The molecule has 3 rings (SSSR count). The second-order valence-corrected chi connectivity index (χ2v) is 6.86. The predicted octanol–water partition coefficient (Wildman–Crippen LogP) is 3.62. The van der Waals surface area contributed by atoms with Crippen molar-refractivity contribution in [2.75, 3.05) is 19.8 Å². The number of nitrogens with two attached hydrogens (primary N) is 1. The average molecular weight is 310 g/mol. The van der Waals surface area contributed by atoms with Crippen molar-refractivity contribution in [3.05, 3.63) is 34.3 Å². The SMILES string of the molecule is Cc1ccc(Cl)cc1C(N)C1CCOC2(CCOCC2)C1. The molecule has 2 N–H and O–H groups in total. The summed E-state index contributed by atoms with van der Waals surface area (Å²) in [6.45, 7) is 4.52. The van der Waals surface area contributed by atoms with Crippen molar-refractivity contribution in [3.63, 3.8) is 0 Å². The number of hydrogen-bond donors (Lipinski definition) is 1. The average Bonchev–Trinajstić information content (AvgIpc) is 2.50. The van der Waals surface area contributed by atoms with E-state index in [1.165, 1.54) is 11.1 Å². The molecule has 2 fully saturated rings. The molecule has 0 radical (unpaired) electrons. The highest BCUT2D eigenvalue weighted by atomic mass is 35.5. The van der Waals surface area contributed by atoms with Crippen molar-refractivity contribution in [3.8, 4) is 0 Å². The second-order valence-electron chi connectivity index (χ2n) is 6.42. The van der Waals surface area contributed by atoms with E-state index >= 15 is 0 Å². The molecule has 2 unspecified atom stereocenters. The van der Waals surface area contributed by atoms with Crippen molar-refractivity contribution in [2.45, 2.75) is 44.2 Å². The molecule has 1 aromatic rings. The minimum Gasteiger partial charge on any atom is -0.381 e. The quantitative estimate of drug-likeness (QED) is 0.907. The van der Waals surface area contributed by atoms with Gasteiger partial charge in [-0.3, -0.25) is 0 Å². The zero-order valence-electron chi connectivity index (χ0n) is 12.6. The van der Waals surface area contributed by atoms with E-state index in [-0.39, 0.29) is 11.6 Å². The first kappa shape index (κ1) is 15.3. The molecule has 1 aromatic carbocycles. The maximum atomic E-state index is 6.58. The molecule has 4 heteroatoms. The van der Waals surface area contributed by atoms with Crippen molar-refractivity contribution >= 4 is 11.6 Å². The van der Waals surface area contributed by atoms with Crippen LogP contribution in [0, 0.1) is 12.8 Å². The fourth-order valence-corrected chi connectivity index (χ4v) is 3.87. The largest absolute Gasteiger partial charge is 0.381 e. The highest BCUT2D eigenvalue weighted by molar-refractivity contribution is 6.30. The van der Waals surface area contributed by atoms with Crippen LogP contribution in [-0.4, -0.2) is 25.4 Å². The molecule has 0 bridgehead atoms. The Morgan fingerprint density at radius 1 is 1.29 bits per heavy atom. The van der Waals surface area contributed by atoms with Gasteiger partial charge in [-0.05, 0) is 61.8 Å². The molecule has 0 amide bonds. The van der Waals surface area contributed by atoms with Gasteiger partial charge < -0.3 is 15.2 Å². The molecule has 1 spiro atoms. The van der Waals surface area contributed by atoms with Crippen LogP contribution in [0.15, 0.2) is 18.2 Å². The van der Waals surface area contributed by atoms with Gasteiger partial charge in [0.15, 0.2) is 0 Å². The first-order valence-electron chi connectivity index (χ1n) is 7.83. The summed E-state index contributed by atoms with van der Waals surface area (Å²) in [4.78, 5) is 0. The molecule has 0 aliphatic carbocycles. The van der Waals surface area contributed by atoms with Crippen molar-refractivity contribution < 1.29 is 9.47 Å². The Balaban J connectivity index is 1.77. The smallest absolute Gasteiger partial charge is 0.0729 e. The lowest BCUT2D eigenvalue weighted by Crippen LogP contribution is -2.46. The zero-order chi connectivity index (χ0) is 14.9. The lowest BCUT2D eigenvalue weighted by atomic mass is 9.76. The Labute approximate surface area is 131 Å². The van der Waals surface area contributed by atoms with E-state index in [0.29, 0.717) is 5.92 Å². The standard InChI is InChI=1S/C17H24ClNO2/c1-12-2-3-14(18)10-15(12)16(19)13-4-7-21-17(11-13)5-8-20-9-6-17/h2-3,10,13,16H,4-9,11,19H2,1H3. The Morgan fingerprint density at radius 3 is 2.81 bits per heavy atom. The topological polar surface area (TPSA) is 44.5 Å². The number of aryl methyl sites for hydroxylation is 1. The number of halogens is 1. The Bertz CT molecular complexity index is 494. The van der Waals surface area contributed by atoms with Crippen molar-refractivity contribution in [1.29, 1.82) is 0 Å². The molecule has 116 valence electrons. The summed E-state index contributed by atoms with van der Waals surface area (Å²) in [7, 11) is 0. The number of benzene rings is 1. The molecule has 0 aromatic heterocycles. The van der Waals surface area contributed by atoms with Crippen LogP contribution >= 0.6 is 11.6 Å². The zero-order valence-corrected chi connectivity index (χ0v) is 13.4. The van der Waals surface area contributed by atoms with Gasteiger partial charge in [0.2, 0.25) is 0 Å². The molecule has 2 aliphatic heterocycles. The minimum atomic E-state index is -0.00866. The van der Waals surface area contributed by atoms with Crippen LogP contribution in [0.4, 0.5) is 0 Å². The van der Waals surface area contributed by atoms with E-state index in [1.807, 2.05) is 12.1 Å². The van der Waals surface area contributed by atoms with Crippen LogP contribution in [0.1, 0.15) is 42.9 Å². The van der Waals surface area contributed by atoms with Gasteiger partial charge in [0, 0.05) is 30.9 Å². The van der Waals surface area contributed by atoms with Crippen LogP contribution in [0.5, 0.6) is 0 Å². The van der Waals surface area contributed by atoms with Crippen LogP contribution < -0.4 is 5.73 Å². The summed E-state index contributed by atoms with van der Waals surface area (Å²) in [5.41, 5.74) is 8.97. The van der Waals surface area contributed by atoms with Crippen LogP contribution in [-0.2, 0) is 9.47 Å². The van der Waals surface area contributed by atoms with Crippen molar-refractivity contribution in [1.82, 2.24) is 0 Å². The van der Waals surface area contributed by atoms with Gasteiger partial charge in [0.1, 0.15) is 0 Å². The summed E-state index contributed by atoms with van der Waals surface area (Å²) in [6, 6.07) is 6.04. The molecular weight excluding hydrogens is 286 g/mol. The van der Waals surface area contributed by atoms with Crippen LogP contribution in [0.25, 0.3) is 0 Å².